The molecule has 1 unspecified atom stereocenters. The number of hydrogen-bond donors (Lipinski definition) is 2. The third-order valence-electron chi connectivity index (χ3n) is 2.49. The van der Waals surface area contributed by atoms with Gasteiger partial charge in [-0.05, 0) is 13.1 Å². The molecule has 0 radical (unpaired) electrons. The van der Waals surface area contributed by atoms with Crippen molar-refractivity contribution in [3.63, 3.8) is 0 Å². The molecule has 0 spiro atoms. The van der Waals surface area contributed by atoms with Gasteiger partial charge in [0.1, 0.15) is 5.82 Å². The number of nitrogens with zero attached hydrogens (tertiary/aromatic N) is 1. The predicted molar refractivity (Wildman–Crippen MR) is 62.3 cm³/mol. The molecule has 0 aliphatic carbocycles. The van der Waals surface area contributed by atoms with Gasteiger partial charge in [-0.25, -0.2) is 8.78 Å². The number of hydrogen-bond acceptors (Lipinski definition) is 4. The smallest absolute Gasteiger partial charge is 0.165 e. The quantitative estimate of drug-likeness (QED) is 0.794. The molecule has 0 saturated carbocycles. The highest BCUT2D eigenvalue weighted by Gasteiger charge is 2.13. The Kier molecular flexibility index (Phi) is 5.46. The lowest BCUT2D eigenvalue weighted by Gasteiger charge is -2.19. The lowest BCUT2D eigenvalue weighted by atomic mass is 10.1. The highest BCUT2D eigenvalue weighted by molar-refractivity contribution is 5.30. The van der Waals surface area contributed by atoms with E-state index in [1.807, 2.05) is 0 Å². The normalized spacial score (nSPS) is 12.8. The van der Waals surface area contributed by atoms with E-state index in [2.05, 4.69) is 4.74 Å². The molecule has 6 heteroatoms. The minimum atomic E-state index is -0.902. The van der Waals surface area contributed by atoms with E-state index < -0.39 is 17.7 Å². The Morgan fingerprint density at radius 1 is 1.33 bits per heavy atom. The first-order valence-corrected chi connectivity index (χ1v) is 5.47. The Bertz CT molecular complexity index is 401. The van der Waals surface area contributed by atoms with E-state index >= 15 is 0 Å². The van der Waals surface area contributed by atoms with Gasteiger partial charge in [-0.1, -0.05) is 0 Å². The summed E-state index contributed by atoms with van der Waals surface area (Å²) in [6, 6.07) is 2.05. The van der Waals surface area contributed by atoms with E-state index in [9.17, 15) is 13.9 Å². The molecule has 1 rings (SSSR count). The molecule has 0 amide bonds. The van der Waals surface area contributed by atoms with E-state index in [4.69, 9.17) is 5.11 Å². The number of methoxy groups -OCH3 is 1. The Balaban J connectivity index is 2.75. The summed E-state index contributed by atoms with van der Waals surface area (Å²) in [7, 11) is 2.90. The van der Waals surface area contributed by atoms with Crippen LogP contribution in [0.3, 0.4) is 0 Å². The lowest BCUT2D eigenvalue weighted by Crippen LogP contribution is -2.31. The number of halogens is 2. The van der Waals surface area contributed by atoms with Gasteiger partial charge in [0.2, 0.25) is 0 Å². The van der Waals surface area contributed by atoms with Crippen LogP contribution in [0.25, 0.3) is 0 Å². The summed E-state index contributed by atoms with van der Waals surface area (Å²) in [5, 5.41) is 17.9. The van der Waals surface area contributed by atoms with Crippen LogP contribution in [0.1, 0.15) is 5.56 Å². The molecule has 18 heavy (non-hydrogen) atoms. The molecule has 1 aromatic rings. The van der Waals surface area contributed by atoms with Crippen LogP contribution in [0.2, 0.25) is 0 Å². The summed E-state index contributed by atoms with van der Waals surface area (Å²) in [6.45, 7) is -0.0722. The highest BCUT2D eigenvalue weighted by atomic mass is 19.1. The van der Waals surface area contributed by atoms with Crippen molar-refractivity contribution < 1.29 is 23.7 Å². The van der Waals surface area contributed by atoms with Gasteiger partial charge in [0.15, 0.2) is 11.6 Å². The summed E-state index contributed by atoms with van der Waals surface area (Å²) in [4.78, 5) is 1.59. The summed E-state index contributed by atoms with van der Waals surface area (Å²) in [5.74, 6) is -1.35. The van der Waals surface area contributed by atoms with Crippen molar-refractivity contribution >= 4 is 0 Å². The first-order chi connectivity index (χ1) is 8.47. The third kappa shape index (κ3) is 3.90. The van der Waals surface area contributed by atoms with Crippen molar-refractivity contribution in [2.45, 2.75) is 12.6 Å². The molecule has 0 aliphatic heterocycles. The Labute approximate surface area is 104 Å². The second-order valence-electron chi connectivity index (χ2n) is 4.11. The fraction of sp³-hybridized carbons (Fsp3) is 0.500. The second-order valence-corrected chi connectivity index (χ2v) is 4.11. The molecule has 0 saturated heterocycles. The number of aliphatic hydroxyl groups is 2. The summed E-state index contributed by atoms with van der Waals surface area (Å²) in [6.07, 6.45) is -0.902. The minimum absolute atomic E-state index is 0.129. The first-order valence-electron chi connectivity index (χ1n) is 5.47. The SMILES string of the molecule is COc1cc(F)c(CN(C)CC(O)CO)cc1F. The van der Waals surface area contributed by atoms with Crippen molar-refractivity contribution in [3.05, 3.63) is 29.3 Å². The molecule has 0 heterocycles. The average molecular weight is 261 g/mol. The standard InChI is InChI=1S/C12H17F2NO3/c1-15(6-9(17)7-16)5-8-3-11(14)12(18-2)4-10(8)13/h3-4,9,16-17H,5-7H2,1-2H3. The Morgan fingerprint density at radius 3 is 2.56 bits per heavy atom. The highest BCUT2D eigenvalue weighted by Crippen LogP contribution is 2.22. The van der Waals surface area contributed by atoms with Crippen LogP contribution >= 0.6 is 0 Å². The molecule has 1 atom stereocenters. The molecule has 4 nitrogen and oxygen atoms in total. The van der Waals surface area contributed by atoms with Gasteiger partial charge < -0.3 is 14.9 Å². The number of benzene rings is 1. The summed E-state index contributed by atoms with van der Waals surface area (Å²) in [5.41, 5.74) is 0.168. The van der Waals surface area contributed by atoms with Crippen LogP contribution in [0, 0.1) is 11.6 Å². The van der Waals surface area contributed by atoms with E-state index in [-0.39, 0.29) is 31.0 Å². The minimum Gasteiger partial charge on any atom is -0.494 e. The summed E-state index contributed by atoms with van der Waals surface area (Å²) >= 11 is 0. The maximum atomic E-state index is 13.6. The molecular formula is C12H17F2NO3. The van der Waals surface area contributed by atoms with Gasteiger partial charge in [-0.15, -0.1) is 0 Å². The number of rotatable bonds is 6. The van der Waals surface area contributed by atoms with Crippen molar-refractivity contribution in [2.24, 2.45) is 0 Å². The number of ether oxygens (including phenoxy) is 1. The van der Waals surface area contributed by atoms with Gasteiger partial charge in [0, 0.05) is 24.7 Å². The van der Waals surface area contributed by atoms with Crippen LogP contribution in [-0.2, 0) is 6.54 Å². The molecule has 1 aromatic carbocycles. The molecule has 0 bridgehead atoms. The maximum Gasteiger partial charge on any atom is 0.165 e. The van der Waals surface area contributed by atoms with Gasteiger partial charge >= 0.3 is 0 Å². The molecule has 0 aliphatic rings. The van der Waals surface area contributed by atoms with Crippen LogP contribution in [-0.4, -0.2) is 48.5 Å². The van der Waals surface area contributed by atoms with Crippen molar-refractivity contribution in [1.29, 1.82) is 0 Å². The average Bonchev–Trinajstić information content (AvgIpc) is 2.33. The molecule has 2 N–H and O–H groups in total. The molecule has 0 fully saturated rings. The van der Waals surface area contributed by atoms with Crippen LogP contribution in [0.15, 0.2) is 12.1 Å². The Hall–Kier alpha value is -1.24. The van der Waals surface area contributed by atoms with Crippen LogP contribution < -0.4 is 4.74 Å². The van der Waals surface area contributed by atoms with Crippen molar-refractivity contribution in [1.82, 2.24) is 4.90 Å². The van der Waals surface area contributed by atoms with E-state index in [1.54, 1.807) is 11.9 Å². The lowest BCUT2D eigenvalue weighted by molar-refractivity contribution is 0.0645. The monoisotopic (exact) mass is 261 g/mol. The largest absolute Gasteiger partial charge is 0.494 e. The fourth-order valence-corrected chi connectivity index (χ4v) is 1.62. The van der Waals surface area contributed by atoms with Gasteiger partial charge in [-0.3, -0.25) is 4.90 Å². The predicted octanol–water partition coefficient (Wildman–Crippen LogP) is 0.758. The van der Waals surface area contributed by atoms with Gasteiger partial charge in [0.25, 0.3) is 0 Å². The van der Waals surface area contributed by atoms with Crippen LogP contribution in [0.5, 0.6) is 5.75 Å². The number of aliphatic hydroxyl groups excluding tert-OH is 2. The van der Waals surface area contributed by atoms with Gasteiger partial charge in [0.05, 0.1) is 19.8 Å². The molecule has 102 valence electrons. The fourth-order valence-electron chi connectivity index (χ4n) is 1.62. The zero-order valence-electron chi connectivity index (χ0n) is 10.4. The zero-order valence-corrected chi connectivity index (χ0v) is 10.4. The van der Waals surface area contributed by atoms with E-state index in [0.717, 1.165) is 12.1 Å². The van der Waals surface area contributed by atoms with Crippen molar-refractivity contribution in [3.8, 4) is 5.75 Å². The topological polar surface area (TPSA) is 52.9 Å². The first kappa shape index (κ1) is 14.8. The third-order valence-corrected chi connectivity index (χ3v) is 2.49. The Morgan fingerprint density at radius 2 is 2.00 bits per heavy atom. The second kappa shape index (κ2) is 6.63. The summed E-state index contributed by atoms with van der Waals surface area (Å²) < 4.78 is 31.7. The van der Waals surface area contributed by atoms with Crippen molar-refractivity contribution in [2.75, 3.05) is 27.3 Å². The maximum absolute atomic E-state index is 13.6. The van der Waals surface area contributed by atoms with E-state index in [0.29, 0.717) is 0 Å². The van der Waals surface area contributed by atoms with E-state index in [1.165, 1.54) is 7.11 Å². The molecule has 0 aromatic heterocycles. The van der Waals surface area contributed by atoms with Crippen LogP contribution in [0.4, 0.5) is 8.78 Å². The number of likely N-dealkylation sites (N-methyl/N-ethyl adjacent to an activating group) is 1. The zero-order chi connectivity index (χ0) is 13.7. The molecular weight excluding hydrogens is 244 g/mol. The van der Waals surface area contributed by atoms with Gasteiger partial charge in [-0.2, -0.15) is 0 Å².